The normalized spacial score (nSPS) is 14.9. The van der Waals surface area contributed by atoms with Gasteiger partial charge in [-0.25, -0.2) is 0 Å². The number of primary amides is 1. The summed E-state index contributed by atoms with van der Waals surface area (Å²) in [7, 11) is 0. The molecule has 5 heteroatoms. The van der Waals surface area contributed by atoms with Gasteiger partial charge in [0, 0.05) is 25.1 Å². The van der Waals surface area contributed by atoms with Gasteiger partial charge in [0.05, 0.1) is 11.4 Å². The summed E-state index contributed by atoms with van der Waals surface area (Å²) < 4.78 is 0. The molecule has 3 rings (SSSR count). The number of nitrogens with zero attached hydrogens (tertiary/aromatic N) is 1. The average Bonchev–Trinajstić information content (AvgIpc) is 3.16. The minimum atomic E-state index is -0.494. The maximum Gasteiger partial charge on any atom is 0.248 e. The molecule has 136 valence electrons. The van der Waals surface area contributed by atoms with E-state index in [-0.39, 0.29) is 11.8 Å². The van der Waals surface area contributed by atoms with Gasteiger partial charge in [0.15, 0.2) is 0 Å². The van der Waals surface area contributed by atoms with E-state index in [1.165, 1.54) is 0 Å². The minimum absolute atomic E-state index is 0.0663. The quantitative estimate of drug-likeness (QED) is 0.836. The Kier molecular flexibility index (Phi) is 5.56. The van der Waals surface area contributed by atoms with Crippen LogP contribution in [-0.4, -0.2) is 24.9 Å². The molecule has 0 bridgehead atoms. The molecule has 1 aliphatic rings. The van der Waals surface area contributed by atoms with Crippen molar-refractivity contribution in [3.8, 4) is 0 Å². The van der Waals surface area contributed by atoms with Gasteiger partial charge in [-0.3, -0.25) is 9.59 Å². The van der Waals surface area contributed by atoms with Gasteiger partial charge in [-0.15, -0.1) is 0 Å². The van der Waals surface area contributed by atoms with E-state index in [1.807, 2.05) is 43.3 Å². The molecule has 1 aliphatic heterocycles. The van der Waals surface area contributed by atoms with Crippen LogP contribution in [-0.2, 0) is 4.79 Å². The lowest BCUT2D eigenvalue weighted by Crippen LogP contribution is -2.22. The zero-order chi connectivity index (χ0) is 18.5. The summed E-state index contributed by atoms with van der Waals surface area (Å²) in [6, 6.07) is 15.3. The first-order chi connectivity index (χ1) is 12.5. The molecular formula is C21H25N3O2. The third kappa shape index (κ3) is 4.23. The van der Waals surface area contributed by atoms with Gasteiger partial charge in [-0.2, -0.15) is 0 Å². The fourth-order valence-electron chi connectivity index (χ4n) is 3.40. The first-order valence-electron chi connectivity index (χ1n) is 9.08. The number of hydrogen-bond acceptors (Lipinski definition) is 3. The molecule has 1 unspecified atom stereocenters. The van der Waals surface area contributed by atoms with Crippen LogP contribution in [0.3, 0.4) is 0 Å². The van der Waals surface area contributed by atoms with E-state index in [1.54, 1.807) is 12.1 Å². The highest BCUT2D eigenvalue weighted by Crippen LogP contribution is 2.31. The standard InChI is InChI=1S/C21H25N3O2/c1-15(16-7-3-2-4-8-16)13-20(25)23-18-14-17(21(22)26)9-10-19(18)24-11-5-6-12-24/h2-4,7-10,14-15H,5-6,11-13H2,1H3,(H2,22,26)(H,23,25). The summed E-state index contributed by atoms with van der Waals surface area (Å²) in [5.74, 6) is -0.444. The van der Waals surface area contributed by atoms with Gasteiger partial charge in [0.2, 0.25) is 11.8 Å². The number of hydrogen-bond donors (Lipinski definition) is 2. The van der Waals surface area contributed by atoms with E-state index in [0.717, 1.165) is 37.2 Å². The van der Waals surface area contributed by atoms with Gasteiger partial charge >= 0.3 is 0 Å². The summed E-state index contributed by atoms with van der Waals surface area (Å²) in [6.45, 7) is 3.95. The largest absolute Gasteiger partial charge is 0.370 e. The second-order valence-corrected chi connectivity index (χ2v) is 6.85. The van der Waals surface area contributed by atoms with Crippen LogP contribution < -0.4 is 16.0 Å². The van der Waals surface area contributed by atoms with Crippen LogP contribution in [0.5, 0.6) is 0 Å². The number of amides is 2. The van der Waals surface area contributed by atoms with Crippen molar-refractivity contribution in [2.75, 3.05) is 23.3 Å². The number of nitrogens with two attached hydrogens (primary N) is 1. The van der Waals surface area contributed by atoms with Crippen molar-refractivity contribution in [2.45, 2.75) is 32.1 Å². The van der Waals surface area contributed by atoms with Gasteiger partial charge in [-0.05, 0) is 42.5 Å². The smallest absolute Gasteiger partial charge is 0.248 e. The SMILES string of the molecule is CC(CC(=O)Nc1cc(C(N)=O)ccc1N1CCCC1)c1ccccc1. The first-order valence-corrected chi connectivity index (χ1v) is 9.08. The summed E-state index contributed by atoms with van der Waals surface area (Å²) >= 11 is 0. The number of carbonyl (C=O) groups is 2. The molecule has 0 aliphatic carbocycles. The van der Waals surface area contributed by atoms with Crippen molar-refractivity contribution >= 4 is 23.2 Å². The molecule has 1 atom stereocenters. The Balaban J connectivity index is 1.77. The molecule has 1 saturated heterocycles. The zero-order valence-corrected chi connectivity index (χ0v) is 15.1. The van der Waals surface area contributed by atoms with Crippen LogP contribution in [0.1, 0.15) is 48.0 Å². The molecule has 0 aromatic heterocycles. The number of carbonyl (C=O) groups excluding carboxylic acids is 2. The van der Waals surface area contributed by atoms with Crippen LogP contribution in [0.25, 0.3) is 0 Å². The van der Waals surface area contributed by atoms with Crippen molar-refractivity contribution < 1.29 is 9.59 Å². The number of anilines is 2. The molecule has 0 spiro atoms. The Bertz CT molecular complexity index is 783. The minimum Gasteiger partial charge on any atom is -0.370 e. The highest BCUT2D eigenvalue weighted by Gasteiger charge is 2.19. The van der Waals surface area contributed by atoms with E-state index in [0.29, 0.717) is 17.7 Å². The number of benzene rings is 2. The van der Waals surface area contributed by atoms with Gasteiger partial charge in [0.25, 0.3) is 0 Å². The topological polar surface area (TPSA) is 75.4 Å². The van der Waals surface area contributed by atoms with Crippen LogP contribution in [0.2, 0.25) is 0 Å². The third-order valence-electron chi connectivity index (χ3n) is 4.86. The fourth-order valence-corrected chi connectivity index (χ4v) is 3.40. The van der Waals surface area contributed by atoms with E-state index in [2.05, 4.69) is 10.2 Å². The Hall–Kier alpha value is -2.82. The highest BCUT2D eigenvalue weighted by atomic mass is 16.2. The predicted octanol–water partition coefficient (Wildman–Crippen LogP) is 3.52. The third-order valence-corrected chi connectivity index (χ3v) is 4.86. The van der Waals surface area contributed by atoms with Gasteiger partial charge in [0.1, 0.15) is 0 Å². The molecule has 1 heterocycles. The monoisotopic (exact) mass is 351 g/mol. The Morgan fingerprint density at radius 2 is 1.81 bits per heavy atom. The van der Waals surface area contributed by atoms with Crippen molar-refractivity contribution in [3.05, 3.63) is 59.7 Å². The summed E-state index contributed by atoms with van der Waals surface area (Å²) in [5.41, 5.74) is 8.56. The lowest BCUT2D eigenvalue weighted by Gasteiger charge is -2.22. The first kappa shape index (κ1) is 18.0. The molecule has 1 fully saturated rings. The van der Waals surface area contributed by atoms with Crippen LogP contribution in [0, 0.1) is 0 Å². The second kappa shape index (κ2) is 8.04. The molecule has 0 saturated carbocycles. The predicted molar refractivity (Wildman–Crippen MR) is 105 cm³/mol. The Labute approximate surface area is 154 Å². The highest BCUT2D eigenvalue weighted by molar-refractivity contribution is 5.99. The molecule has 3 N–H and O–H groups in total. The van der Waals surface area contributed by atoms with E-state index in [9.17, 15) is 9.59 Å². The second-order valence-electron chi connectivity index (χ2n) is 6.85. The lowest BCUT2D eigenvalue weighted by atomic mass is 9.97. The zero-order valence-electron chi connectivity index (χ0n) is 15.1. The maximum atomic E-state index is 12.6. The molecule has 2 aromatic carbocycles. The molecular weight excluding hydrogens is 326 g/mol. The lowest BCUT2D eigenvalue weighted by molar-refractivity contribution is -0.116. The molecule has 2 amide bonds. The van der Waals surface area contributed by atoms with Crippen molar-refractivity contribution in [1.82, 2.24) is 0 Å². The van der Waals surface area contributed by atoms with Crippen LogP contribution in [0.15, 0.2) is 48.5 Å². The Morgan fingerprint density at radius 1 is 1.12 bits per heavy atom. The molecule has 5 nitrogen and oxygen atoms in total. The van der Waals surface area contributed by atoms with Crippen LogP contribution >= 0.6 is 0 Å². The molecule has 0 radical (unpaired) electrons. The maximum absolute atomic E-state index is 12.6. The van der Waals surface area contributed by atoms with Gasteiger partial charge < -0.3 is 16.0 Å². The number of rotatable bonds is 6. The Morgan fingerprint density at radius 3 is 2.46 bits per heavy atom. The fraction of sp³-hybridized carbons (Fsp3) is 0.333. The summed E-state index contributed by atoms with van der Waals surface area (Å²) in [6.07, 6.45) is 2.65. The van der Waals surface area contributed by atoms with Crippen molar-refractivity contribution in [2.24, 2.45) is 5.73 Å². The van der Waals surface area contributed by atoms with Gasteiger partial charge in [-0.1, -0.05) is 37.3 Å². The molecule has 2 aromatic rings. The summed E-state index contributed by atoms with van der Waals surface area (Å²) in [5, 5.41) is 2.99. The van der Waals surface area contributed by atoms with E-state index in [4.69, 9.17) is 5.73 Å². The molecule has 26 heavy (non-hydrogen) atoms. The van der Waals surface area contributed by atoms with E-state index < -0.39 is 5.91 Å². The van der Waals surface area contributed by atoms with Crippen LogP contribution in [0.4, 0.5) is 11.4 Å². The van der Waals surface area contributed by atoms with Crippen molar-refractivity contribution in [1.29, 1.82) is 0 Å². The van der Waals surface area contributed by atoms with E-state index >= 15 is 0 Å². The summed E-state index contributed by atoms with van der Waals surface area (Å²) in [4.78, 5) is 26.4. The average molecular weight is 351 g/mol. The number of nitrogens with one attached hydrogen (secondary N) is 1. The van der Waals surface area contributed by atoms with Crippen molar-refractivity contribution in [3.63, 3.8) is 0 Å².